The zero-order chi connectivity index (χ0) is 11.7. The molecule has 2 rings (SSSR count). The van der Waals surface area contributed by atoms with Gasteiger partial charge in [-0.05, 0) is 40.8 Å². The van der Waals surface area contributed by atoms with E-state index in [1.165, 1.54) is 0 Å². The number of nitrogens with zero attached hydrogens (tertiary/aromatic N) is 1. The normalized spacial score (nSPS) is 10.4. The molecule has 0 aliphatic heterocycles. The average molecular weight is 350 g/mol. The van der Waals surface area contributed by atoms with E-state index in [4.69, 9.17) is 21.1 Å². The largest absolute Gasteiger partial charge is 0.476 e. The first-order valence-corrected chi connectivity index (χ1v) is 5.68. The zero-order valence-electron chi connectivity index (χ0n) is 7.78. The fourth-order valence-electron chi connectivity index (χ4n) is 1.16. The molecule has 2 aromatic rings. The Balaban J connectivity index is 2.50. The molecular weight excluding hydrogens is 344 g/mol. The minimum atomic E-state index is -1.12. The van der Waals surface area contributed by atoms with Crippen molar-refractivity contribution in [2.75, 3.05) is 0 Å². The fraction of sp³-hybridized carbons (Fsp3) is 0. The summed E-state index contributed by atoms with van der Waals surface area (Å²) in [7, 11) is 0. The molecule has 0 saturated carbocycles. The zero-order valence-corrected chi connectivity index (χ0v) is 10.7. The first-order valence-electron chi connectivity index (χ1n) is 4.22. The molecule has 0 saturated heterocycles. The lowest BCUT2D eigenvalue weighted by atomic mass is 10.2. The molecule has 0 bridgehead atoms. The van der Waals surface area contributed by atoms with Crippen molar-refractivity contribution in [3.05, 3.63) is 38.7 Å². The first kappa shape index (κ1) is 11.4. The number of carboxylic acid groups (broad SMARTS) is 1. The number of aromatic nitrogens is 1. The van der Waals surface area contributed by atoms with E-state index in [1.54, 1.807) is 12.1 Å². The summed E-state index contributed by atoms with van der Waals surface area (Å²) >= 11 is 7.95. The predicted octanol–water partition coefficient (Wildman–Crippen LogP) is 3.30. The number of rotatable bonds is 2. The molecule has 1 heterocycles. The lowest BCUT2D eigenvalue weighted by Gasteiger charge is -1.99. The molecule has 1 N–H and O–H groups in total. The Bertz CT molecular complexity index is 553. The third-order valence-electron chi connectivity index (χ3n) is 1.88. The summed E-state index contributed by atoms with van der Waals surface area (Å²) in [5.74, 6) is -0.865. The predicted molar refractivity (Wildman–Crippen MR) is 66.6 cm³/mol. The summed E-state index contributed by atoms with van der Waals surface area (Å²) in [4.78, 5) is 14.5. The van der Waals surface area contributed by atoms with E-state index in [0.717, 1.165) is 9.83 Å². The summed E-state index contributed by atoms with van der Waals surface area (Å²) in [5.41, 5.74) is 0.561. The fourth-order valence-corrected chi connectivity index (χ4v) is 1.90. The van der Waals surface area contributed by atoms with Gasteiger partial charge in [-0.3, -0.25) is 0 Å². The Labute approximate surface area is 109 Å². The van der Waals surface area contributed by atoms with Gasteiger partial charge in [0.25, 0.3) is 0 Å². The second kappa shape index (κ2) is 4.42. The summed E-state index contributed by atoms with van der Waals surface area (Å²) in [5, 5.41) is 9.27. The second-order valence-corrected chi connectivity index (χ2v) is 4.57. The van der Waals surface area contributed by atoms with Gasteiger partial charge in [0.05, 0.1) is 5.56 Å². The smallest absolute Gasteiger partial charge is 0.357 e. The van der Waals surface area contributed by atoms with Crippen LogP contribution in [0.3, 0.4) is 0 Å². The van der Waals surface area contributed by atoms with E-state index < -0.39 is 5.97 Å². The topological polar surface area (TPSA) is 63.3 Å². The molecule has 0 atom stereocenters. The van der Waals surface area contributed by atoms with Crippen LogP contribution in [-0.4, -0.2) is 16.1 Å². The van der Waals surface area contributed by atoms with E-state index >= 15 is 0 Å². The molecule has 16 heavy (non-hydrogen) atoms. The Morgan fingerprint density at radius 3 is 2.88 bits per heavy atom. The van der Waals surface area contributed by atoms with Crippen molar-refractivity contribution in [2.45, 2.75) is 0 Å². The molecular formula is C10H5ClINO3. The van der Waals surface area contributed by atoms with Gasteiger partial charge in [-0.1, -0.05) is 11.6 Å². The summed E-state index contributed by atoms with van der Waals surface area (Å²) in [6.07, 6.45) is 1.11. The maximum Gasteiger partial charge on any atom is 0.357 e. The molecule has 1 aromatic carbocycles. The number of carbonyl (C=O) groups is 1. The van der Waals surface area contributed by atoms with E-state index in [2.05, 4.69) is 27.6 Å². The van der Waals surface area contributed by atoms with Crippen molar-refractivity contribution >= 4 is 40.2 Å². The lowest BCUT2D eigenvalue weighted by Crippen LogP contribution is -1.95. The van der Waals surface area contributed by atoms with Crippen LogP contribution in [0.5, 0.6) is 0 Å². The van der Waals surface area contributed by atoms with Crippen LogP contribution >= 0.6 is 34.2 Å². The molecule has 4 nitrogen and oxygen atoms in total. The van der Waals surface area contributed by atoms with Crippen molar-refractivity contribution in [1.29, 1.82) is 0 Å². The van der Waals surface area contributed by atoms with Crippen LogP contribution in [0.1, 0.15) is 10.5 Å². The van der Waals surface area contributed by atoms with Gasteiger partial charge in [0.15, 0.2) is 5.69 Å². The molecule has 0 radical (unpaired) electrons. The number of oxazole rings is 1. The molecule has 82 valence electrons. The van der Waals surface area contributed by atoms with Crippen LogP contribution < -0.4 is 0 Å². The van der Waals surface area contributed by atoms with Crippen molar-refractivity contribution in [3.8, 4) is 11.5 Å². The van der Waals surface area contributed by atoms with Crippen molar-refractivity contribution in [2.24, 2.45) is 0 Å². The molecule has 0 unspecified atom stereocenters. The van der Waals surface area contributed by atoms with Gasteiger partial charge in [0.1, 0.15) is 6.26 Å². The molecule has 0 fully saturated rings. The molecule has 1 aromatic heterocycles. The molecule has 0 aliphatic carbocycles. The van der Waals surface area contributed by atoms with Crippen LogP contribution in [0.25, 0.3) is 11.5 Å². The Morgan fingerprint density at radius 1 is 1.50 bits per heavy atom. The Morgan fingerprint density at radius 2 is 2.25 bits per heavy atom. The van der Waals surface area contributed by atoms with Crippen molar-refractivity contribution < 1.29 is 14.3 Å². The second-order valence-electron chi connectivity index (χ2n) is 2.97. The number of hydrogen-bond donors (Lipinski definition) is 1. The van der Waals surface area contributed by atoms with E-state index in [-0.39, 0.29) is 11.6 Å². The number of hydrogen-bond acceptors (Lipinski definition) is 3. The van der Waals surface area contributed by atoms with E-state index in [9.17, 15) is 4.79 Å². The van der Waals surface area contributed by atoms with Crippen LogP contribution in [0, 0.1) is 3.57 Å². The Kier molecular flexibility index (Phi) is 3.15. The quantitative estimate of drug-likeness (QED) is 0.845. The van der Waals surface area contributed by atoms with Crippen LogP contribution in [0.4, 0.5) is 0 Å². The summed E-state index contributed by atoms with van der Waals surface area (Å²) in [6.45, 7) is 0. The molecule has 0 amide bonds. The minimum Gasteiger partial charge on any atom is -0.476 e. The van der Waals surface area contributed by atoms with Gasteiger partial charge in [-0.25, -0.2) is 9.78 Å². The third-order valence-corrected chi connectivity index (χ3v) is 3.06. The average Bonchev–Trinajstić information content (AvgIpc) is 2.70. The number of carboxylic acids is 1. The third kappa shape index (κ3) is 2.19. The minimum absolute atomic E-state index is 0.120. The van der Waals surface area contributed by atoms with Gasteiger partial charge in [0, 0.05) is 8.59 Å². The lowest BCUT2D eigenvalue weighted by molar-refractivity contribution is 0.0690. The van der Waals surface area contributed by atoms with E-state index in [1.807, 2.05) is 6.07 Å². The summed E-state index contributed by atoms with van der Waals surface area (Å²) < 4.78 is 5.98. The van der Waals surface area contributed by atoms with Crippen LogP contribution in [-0.2, 0) is 0 Å². The highest BCUT2D eigenvalue weighted by Gasteiger charge is 2.14. The van der Waals surface area contributed by atoms with Crippen molar-refractivity contribution in [1.82, 2.24) is 4.98 Å². The highest BCUT2D eigenvalue weighted by molar-refractivity contribution is 14.1. The monoisotopic (exact) mass is 349 g/mol. The van der Waals surface area contributed by atoms with Gasteiger partial charge in [-0.15, -0.1) is 0 Å². The highest BCUT2D eigenvalue weighted by atomic mass is 127. The summed E-state index contributed by atoms with van der Waals surface area (Å²) in [6, 6.07) is 5.23. The molecule has 0 aliphatic rings. The number of benzene rings is 1. The maximum atomic E-state index is 10.6. The first-order chi connectivity index (χ1) is 7.58. The van der Waals surface area contributed by atoms with Crippen molar-refractivity contribution in [3.63, 3.8) is 0 Å². The Hall–Kier alpha value is -1.08. The van der Waals surface area contributed by atoms with Gasteiger partial charge in [-0.2, -0.15) is 0 Å². The van der Waals surface area contributed by atoms with E-state index in [0.29, 0.717) is 10.6 Å². The number of halogens is 2. The standard InChI is InChI=1S/C10H5ClINO3/c11-5-1-2-7(12)6(3-5)9-13-8(4-16-9)10(14)15/h1-4H,(H,14,15). The van der Waals surface area contributed by atoms with Gasteiger partial charge in [0.2, 0.25) is 5.89 Å². The van der Waals surface area contributed by atoms with Crippen LogP contribution in [0.15, 0.2) is 28.9 Å². The SMILES string of the molecule is O=C(O)c1coc(-c2cc(Cl)ccc2I)n1. The molecule has 6 heteroatoms. The highest BCUT2D eigenvalue weighted by Crippen LogP contribution is 2.27. The number of aromatic carboxylic acids is 1. The molecule has 0 spiro atoms. The van der Waals surface area contributed by atoms with Gasteiger partial charge < -0.3 is 9.52 Å². The van der Waals surface area contributed by atoms with Crippen LogP contribution in [0.2, 0.25) is 5.02 Å². The maximum absolute atomic E-state index is 10.6. The van der Waals surface area contributed by atoms with Gasteiger partial charge >= 0.3 is 5.97 Å².